The van der Waals surface area contributed by atoms with Crippen LogP contribution in [0.2, 0.25) is 0 Å². The normalized spacial score (nSPS) is 18.2. The van der Waals surface area contributed by atoms with Crippen molar-refractivity contribution in [2.75, 3.05) is 13.2 Å². The van der Waals surface area contributed by atoms with Gasteiger partial charge in [-0.1, -0.05) is 66.7 Å². The molecule has 0 aromatic heterocycles. The van der Waals surface area contributed by atoms with Crippen molar-refractivity contribution in [2.45, 2.75) is 40.0 Å². The van der Waals surface area contributed by atoms with Crippen LogP contribution in [0.3, 0.4) is 0 Å². The number of allylic oxidation sites excluding steroid dienone is 2. The van der Waals surface area contributed by atoms with Gasteiger partial charge in [-0.05, 0) is 68.6 Å². The van der Waals surface area contributed by atoms with E-state index in [-0.39, 0.29) is 37.9 Å². The van der Waals surface area contributed by atoms with Crippen molar-refractivity contribution in [1.82, 2.24) is 0 Å². The molecule has 0 bridgehead atoms. The van der Waals surface area contributed by atoms with Gasteiger partial charge in [0, 0.05) is 0 Å². The van der Waals surface area contributed by atoms with Gasteiger partial charge < -0.3 is 14.6 Å². The molecule has 5 heteroatoms. The fourth-order valence-corrected chi connectivity index (χ4v) is 4.26. The summed E-state index contributed by atoms with van der Waals surface area (Å²) in [4.78, 5) is 26.4. The summed E-state index contributed by atoms with van der Waals surface area (Å²) in [6.07, 6.45) is 3.38. The first-order chi connectivity index (χ1) is 15.9. The highest BCUT2D eigenvalue weighted by Gasteiger charge is 2.55. The monoisotopic (exact) mass is 449 g/mol. The number of hydrogen-bond acceptors (Lipinski definition) is 5. The summed E-state index contributed by atoms with van der Waals surface area (Å²) in [6.45, 7) is 5.78. The van der Waals surface area contributed by atoms with Crippen LogP contribution in [0.25, 0.3) is 5.57 Å². The topological polar surface area (TPSA) is 72.8 Å². The van der Waals surface area contributed by atoms with Gasteiger partial charge in [-0.25, -0.2) is 0 Å². The van der Waals surface area contributed by atoms with Crippen molar-refractivity contribution >= 4 is 17.5 Å². The van der Waals surface area contributed by atoms with Crippen LogP contribution in [0.5, 0.6) is 0 Å². The molecule has 0 aliphatic heterocycles. The van der Waals surface area contributed by atoms with E-state index in [4.69, 9.17) is 9.47 Å². The number of ether oxygens (including phenoxy) is 2. The van der Waals surface area contributed by atoms with E-state index < -0.39 is 17.4 Å². The highest BCUT2D eigenvalue weighted by Crippen LogP contribution is 2.53. The maximum absolute atomic E-state index is 13.2. The number of hydrogen-bond donors (Lipinski definition) is 1. The number of carbonyl (C=O) groups excluding carboxylic acids is 2. The van der Waals surface area contributed by atoms with Crippen LogP contribution in [0.4, 0.5) is 0 Å². The zero-order chi connectivity index (χ0) is 23.8. The number of benzene rings is 2. The van der Waals surface area contributed by atoms with Crippen LogP contribution in [-0.2, 0) is 19.1 Å². The molecule has 3 rings (SSSR count). The molecule has 1 fully saturated rings. The zero-order valence-electron chi connectivity index (χ0n) is 19.6. The Bertz CT molecular complexity index is 933. The van der Waals surface area contributed by atoms with Gasteiger partial charge in [0.05, 0.1) is 13.2 Å². The van der Waals surface area contributed by atoms with Gasteiger partial charge in [0.25, 0.3) is 0 Å². The van der Waals surface area contributed by atoms with Crippen molar-refractivity contribution in [3.63, 3.8) is 0 Å². The summed E-state index contributed by atoms with van der Waals surface area (Å²) < 4.78 is 10.8. The first kappa shape index (κ1) is 24.7. The first-order valence-electron chi connectivity index (χ1n) is 11.6. The van der Waals surface area contributed by atoms with E-state index in [1.165, 1.54) is 0 Å². The van der Waals surface area contributed by atoms with Crippen LogP contribution < -0.4 is 0 Å². The highest BCUT2D eigenvalue weighted by molar-refractivity contribution is 6.00. The van der Waals surface area contributed by atoms with Crippen molar-refractivity contribution in [3.05, 3.63) is 84.0 Å². The van der Waals surface area contributed by atoms with Crippen molar-refractivity contribution < 1.29 is 24.2 Å². The van der Waals surface area contributed by atoms with E-state index in [0.29, 0.717) is 12.5 Å². The Morgan fingerprint density at radius 3 is 1.97 bits per heavy atom. The minimum absolute atomic E-state index is 0.00977. The van der Waals surface area contributed by atoms with E-state index in [0.717, 1.165) is 16.7 Å². The Balaban J connectivity index is 1.87. The lowest BCUT2D eigenvalue weighted by atomic mass is 9.77. The maximum Gasteiger partial charge on any atom is 0.323 e. The van der Waals surface area contributed by atoms with E-state index in [9.17, 15) is 14.7 Å². The summed E-state index contributed by atoms with van der Waals surface area (Å²) in [7, 11) is 0. The summed E-state index contributed by atoms with van der Waals surface area (Å²) in [5.74, 6) is -1.23. The quantitative estimate of drug-likeness (QED) is 0.359. The molecule has 2 unspecified atom stereocenters. The molecule has 0 heterocycles. The highest BCUT2D eigenvalue weighted by atomic mass is 16.6. The van der Waals surface area contributed by atoms with Gasteiger partial charge in [0.2, 0.25) is 0 Å². The molecule has 1 radical (unpaired) electrons. The van der Waals surface area contributed by atoms with Crippen LogP contribution in [0.15, 0.2) is 66.7 Å². The Morgan fingerprint density at radius 2 is 1.45 bits per heavy atom. The molecule has 0 spiro atoms. The average molecular weight is 450 g/mol. The number of rotatable bonds is 11. The molecule has 0 saturated heterocycles. The summed E-state index contributed by atoms with van der Waals surface area (Å²) in [5, 5.41) is 10.8. The zero-order valence-corrected chi connectivity index (χ0v) is 19.6. The lowest BCUT2D eigenvalue weighted by Gasteiger charge is -2.29. The van der Waals surface area contributed by atoms with Gasteiger partial charge in [0.1, 0.15) is 6.10 Å². The number of aliphatic hydroxyl groups excluding tert-OH is 1. The molecule has 175 valence electrons. The van der Waals surface area contributed by atoms with Gasteiger partial charge >= 0.3 is 11.9 Å². The Hall–Kier alpha value is -2.92. The second-order valence-electron chi connectivity index (χ2n) is 8.54. The predicted octanol–water partition coefficient (Wildman–Crippen LogP) is 5.57. The largest absolute Gasteiger partial charge is 0.465 e. The number of carbonyl (C=O) groups is 2. The third-order valence-electron chi connectivity index (χ3n) is 6.27. The molecular weight excluding hydrogens is 416 g/mol. The molecule has 1 N–H and O–H groups in total. The summed E-state index contributed by atoms with van der Waals surface area (Å²) in [5.41, 5.74) is 1.32. The summed E-state index contributed by atoms with van der Waals surface area (Å²) in [6, 6.07) is 19.2. The number of esters is 2. The van der Waals surface area contributed by atoms with Gasteiger partial charge in [-0.2, -0.15) is 0 Å². The lowest BCUT2D eigenvalue weighted by molar-refractivity contribution is -0.173. The molecule has 33 heavy (non-hydrogen) atoms. The first-order valence-corrected chi connectivity index (χ1v) is 11.6. The maximum atomic E-state index is 13.2. The van der Waals surface area contributed by atoms with E-state index in [1.807, 2.05) is 73.7 Å². The minimum Gasteiger partial charge on any atom is -0.465 e. The van der Waals surface area contributed by atoms with E-state index in [1.54, 1.807) is 13.8 Å². The third kappa shape index (κ3) is 5.91. The molecule has 1 aliphatic rings. The molecule has 0 amide bonds. The van der Waals surface area contributed by atoms with E-state index in [2.05, 4.69) is 0 Å². The smallest absolute Gasteiger partial charge is 0.323 e. The molecule has 1 aliphatic carbocycles. The van der Waals surface area contributed by atoms with E-state index >= 15 is 0 Å². The van der Waals surface area contributed by atoms with Crippen molar-refractivity contribution in [2.24, 2.45) is 17.3 Å². The van der Waals surface area contributed by atoms with Gasteiger partial charge in [-0.15, -0.1) is 0 Å². The fourth-order valence-electron chi connectivity index (χ4n) is 4.26. The third-order valence-corrected chi connectivity index (χ3v) is 6.27. The molecule has 2 aromatic carbocycles. The lowest BCUT2D eigenvalue weighted by Crippen LogP contribution is -2.42. The molecular formula is C28H33O5. The van der Waals surface area contributed by atoms with Crippen molar-refractivity contribution in [3.8, 4) is 0 Å². The van der Waals surface area contributed by atoms with Crippen LogP contribution in [-0.4, -0.2) is 30.3 Å². The molecule has 2 atom stereocenters. The standard InChI is InChI=1S/C28H33O5/c1-4-32-26(30)28(27(31)33-5-2,17-16-20(3)21-12-8-6-9-13-21)19-23-18-24(23)25(29)22-14-10-7-11-15-22/h6-16,23-24,29H,4-5,17-19H2,1-3H3/b20-16+. The Morgan fingerprint density at radius 1 is 0.939 bits per heavy atom. The second-order valence-corrected chi connectivity index (χ2v) is 8.54. The Labute approximate surface area is 196 Å². The SMILES string of the molecule is CCOC(=O)C(C/C=C(\C)c1ccccc1)(CC1CC1[C](O)c1ccccc1)C(=O)OCC. The van der Waals surface area contributed by atoms with Crippen molar-refractivity contribution in [1.29, 1.82) is 0 Å². The Kier molecular flexibility index (Phi) is 8.45. The van der Waals surface area contributed by atoms with Gasteiger partial charge in [0.15, 0.2) is 5.41 Å². The molecule has 1 saturated carbocycles. The summed E-state index contributed by atoms with van der Waals surface area (Å²) >= 11 is 0. The van der Waals surface area contributed by atoms with Crippen LogP contribution >= 0.6 is 0 Å². The molecule has 5 nitrogen and oxygen atoms in total. The second kappa shape index (κ2) is 11.3. The molecule has 2 aromatic rings. The van der Waals surface area contributed by atoms with Crippen LogP contribution in [0, 0.1) is 23.4 Å². The average Bonchev–Trinajstić information content (AvgIpc) is 3.61. The number of aliphatic hydroxyl groups is 1. The van der Waals surface area contributed by atoms with Gasteiger partial charge in [-0.3, -0.25) is 9.59 Å². The minimum atomic E-state index is -1.45. The van der Waals surface area contributed by atoms with Crippen LogP contribution in [0.1, 0.15) is 51.2 Å². The fraction of sp³-hybridized carbons (Fsp3) is 0.393. The predicted molar refractivity (Wildman–Crippen MR) is 127 cm³/mol.